The van der Waals surface area contributed by atoms with Gasteiger partial charge in [0.1, 0.15) is 23.8 Å². The molecule has 0 saturated heterocycles. The summed E-state index contributed by atoms with van der Waals surface area (Å²) >= 11 is 0. The van der Waals surface area contributed by atoms with Crippen LogP contribution in [0.25, 0.3) is 0 Å². The average Bonchev–Trinajstić information content (AvgIpc) is 2.87. The Bertz CT molecular complexity index is 1260. The van der Waals surface area contributed by atoms with Crippen molar-refractivity contribution < 1.29 is 28.6 Å². The van der Waals surface area contributed by atoms with E-state index in [-0.39, 0.29) is 31.2 Å². The van der Waals surface area contributed by atoms with Gasteiger partial charge in [-0.15, -0.1) is 0 Å². The average molecular weight is 515 g/mol. The number of benzene rings is 1. The van der Waals surface area contributed by atoms with Crippen LogP contribution in [0.3, 0.4) is 0 Å². The van der Waals surface area contributed by atoms with E-state index in [1.54, 1.807) is 0 Å². The van der Waals surface area contributed by atoms with Gasteiger partial charge in [0.2, 0.25) is 11.3 Å². The lowest BCUT2D eigenvalue weighted by molar-refractivity contribution is -0.120. The lowest BCUT2D eigenvalue weighted by Crippen LogP contribution is -2.55. The molecule has 0 fully saturated rings. The van der Waals surface area contributed by atoms with Gasteiger partial charge in [0.25, 0.3) is 11.8 Å². The molecule has 2 bridgehead atoms. The summed E-state index contributed by atoms with van der Waals surface area (Å²) in [6.07, 6.45) is 7.59. The minimum Gasteiger partial charge on any atom is -0.502 e. The highest BCUT2D eigenvalue weighted by Gasteiger charge is 2.35. The summed E-state index contributed by atoms with van der Waals surface area (Å²) in [6, 6.07) is 3.99. The minimum atomic E-state index is -1.03. The molecule has 3 heterocycles. The number of nitrogens with one attached hydrogen (secondary N) is 1. The molecular formula is C26H31FN4O6. The third-order valence-electron chi connectivity index (χ3n) is 6.61. The molecule has 11 heteroatoms. The molecule has 1 aromatic heterocycles. The molecule has 0 unspecified atom stereocenters. The van der Waals surface area contributed by atoms with E-state index in [1.165, 1.54) is 35.2 Å². The molecule has 1 aromatic carbocycles. The molecule has 198 valence electrons. The zero-order valence-electron chi connectivity index (χ0n) is 20.8. The monoisotopic (exact) mass is 514 g/mol. The number of amides is 3. The van der Waals surface area contributed by atoms with Gasteiger partial charge >= 0.3 is 0 Å². The summed E-state index contributed by atoms with van der Waals surface area (Å²) in [5.74, 6) is -2.85. The molecule has 0 radical (unpaired) electrons. The molecule has 37 heavy (non-hydrogen) atoms. The Balaban J connectivity index is 1.69. The molecule has 2 aliphatic rings. The van der Waals surface area contributed by atoms with Gasteiger partial charge in [-0.3, -0.25) is 19.2 Å². The van der Waals surface area contributed by atoms with Crippen molar-refractivity contribution in [1.82, 2.24) is 14.9 Å². The van der Waals surface area contributed by atoms with Crippen LogP contribution in [-0.4, -0.2) is 52.7 Å². The minimum absolute atomic E-state index is 0.0687. The lowest BCUT2D eigenvalue weighted by atomic mass is 10.1. The molecule has 3 amide bonds. The van der Waals surface area contributed by atoms with E-state index in [0.29, 0.717) is 24.3 Å². The quantitative estimate of drug-likeness (QED) is 0.558. The van der Waals surface area contributed by atoms with E-state index >= 15 is 0 Å². The Morgan fingerprint density at radius 1 is 1.00 bits per heavy atom. The van der Waals surface area contributed by atoms with Gasteiger partial charge in [0.05, 0.1) is 6.61 Å². The normalized spacial score (nSPS) is 18.1. The second-order valence-electron chi connectivity index (χ2n) is 9.36. The van der Waals surface area contributed by atoms with Gasteiger partial charge in [-0.1, -0.05) is 38.2 Å². The number of rotatable bonds is 0. The zero-order chi connectivity index (χ0) is 26.5. The van der Waals surface area contributed by atoms with Crippen LogP contribution in [0.15, 0.2) is 29.2 Å². The van der Waals surface area contributed by atoms with Gasteiger partial charge in [0, 0.05) is 37.8 Å². The molecule has 2 aromatic rings. The first-order valence-corrected chi connectivity index (χ1v) is 12.5. The van der Waals surface area contributed by atoms with Gasteiger partial charge in [-0.05, 0) is 18.9 Å². The summed E-state index contributed by atoms with van der Waals surface area (Å²) < 4.78 is 20.7. The Kier molecular flexibility index (Phi) is 8.10. The number of halogens is 1. The fourth-order valence-electron chi connectivity index (χ4n) is 4.51. The van der Waals surface area contributed by atoms with E-state index in [1.807, 2.05) is 0 Å². The van der Waals surface area contributed by atoms with Gasteiger partial charge in [-0.2, -0.15) is 0 Å². The Hall–Kier alpha value is -3.89. The van der Waals surface area contributed by atoms with E-state index in [0.717, 1.165) is 49.4 Å². The summed E-state index contributed by atoms with van der Waals surface area (Å²) in [7, 11) is 1.46. The molecule has 2 N–H and O–H groups in total. The predicted octanol–water partition coefficient (Wildman–Crippen LogP) is 2.64. The topological polar surface area (TPSA) is 121 Å². The van der Waals surface area contributed by atoms with E-state index < -0.39 is 34.4 Å². The highest BCUT2D eigenvalue weighted by Crippen LogP contribution is 2.23. The maximum Gasteiger partial charge on any atom is 0.277 e. The van der Waals surface area contributed by atoms with Crippen molar-refractivity contribution in [3.63, 3.8) is 0 Å². The summed E-state index contributed by atoms with van der Waals surface area (Å²) in [6.45, 7) is 0.238. The number of carbonyl (C=O) groups is 3. The number of aromatic nitrogens is 1. The standard InChI is InChI=1S/C26H31FN4O6/c1-29-16-31-21(32)9-7-5-3-2-4-6-8-12-37-20-13-18(27)11-10-17(20)14-28-25(35)19-15-30(31)22(26(29)36)24(34)23(19)33/h10-11,13,15,34H,2-9,12,14,16H2,1H3,(H,28,35). The number of carbonyl (C=O) groups excluding carboxylic acids is 3. The molecule has 10 nitrogen and oxygen atoms in total. The third-order valence-corrected chi connectivity index (χ3v) is 6.61. The number of pyridine rings is 1. The summed E-state index contributed by atoms with van der Waals surface area (Å²) in [5.41, 5.74) is -1.33. The SMILES string of the molecule is CN1CN2C(=O)CCCCCCCCCOc3cc(F)ccc3CNC(=O)c3cn2c(c(O)c3=O)C1=O. The maximum absolute atomic E-state index is 13.8. The predicted molar refractivity (Wildman–Crippen MR) is 133 cm³/mol. The van der Waals surface area contributed by atoms with E-state index in [2.05, 4.69) is 5.32 Å². The van der Waals surface area contributed by atoms with Crippen LogP contribution in [0, 0.1) is 5.82 Å². The first-order chi connectivity index (χ1) is 17.8. The smallest absolute Gasteiger partial charge is 0.277 e. The Morgan fingerprint density at radius 3 is 2.46 bits per heavy atom. The van der Waals surface area contributed by atoms with Crippen LogP contribution in [-0.2, 0) is 11.3 Å². The molecule has 0 spiro atoms. The maximum atomic E-state index is 13.8. The van der Waals surface area contributed by atoms with Crippen molar-refractivity contribution >= 4 is 17.7 Å². The molecule has 4 rings (SSSR count). The fraction of sp³-hybridized carbons (Fsp3) is 0.462. The first-order valence-electron chi connectivity index (χ1n) is 12.5. The van der Waals surface area contributed by atoms with Crippen LogP contribution in [0.4, 0.5) is 4.39 Å². The highest BCUT2D eigenvalue weighted by molar-refractivity contribution is 6.01. The fourth-order valence-corrected chi connectivity index (χ4v) is 4.51. The van der Waals surface area contributed by atoms with Crippen molar-refractivity contribution in [2.75, 3.05) is 25.3 Å². The van der Waals surface area contributed by atoms with E-state index in [9.17, 15) is 28.7 Å². The molecule has 0 atom stereocenters. The second-order valence-corrected chi connectivity index (χ2v) is 9.36. The third kappa shape index (κ3) is 5.76. The van der Waals surface area contributed by atoms with Crippen LogP contribution < -0.4 is 20.5 Å². The number of hydrogen-bond acceptors (Lipinski definition) is 6. The Labute approximate surface area is 213 Å². The van der Waals surface area contributed by atoms with Crippen molar-refractivity contribution in [2.24, 2.45) is 0 Å². The van der Waals surface area contributed by atoms with Crippen molar-refractivity contribution in [2.45, 2.75) is 57.9 Å². The number of nitrogens with zero attached hydrogens (tertiary/aromatic N) is 3. The number of aromatic hydroxyl groups is 1. The molecule has 0 saturated carbocycles. The second kappa shape index (κ2) is 11.4. The van der Waals surface area contributed by atoms with Crippen LogP contribution >= 0.6 is 0 Å². The Morgan fingerprint density at radius 2 is 1.70 bits per heavy atom. The highest BCUT2D eigenvalue weighted by atomic mass is 19.1. The van der Waals surface area contributed by atoms with Crippen molar-refractivity contribution in [3.05, 3.63) is 57.3 Å². The number of hydrogen-bond donors (Lipinski definition) is 2. The molecular weight excluding hydrogens is 483 g/mol. The summed E-state index contributed by atoms with van der Waals surface area (Å²) in [4.78, 5) is 52.9. The first kappa shape index (κ1) is 26.2. The van der Waals surface area contributed by atoms with Gasteiger partial charge in [-0.25, -0.2) is 14.1 Å². The van der Waals surface area contributed by atoms with Crippen LogP contribution in [0.1, 0.15) is 77.8 Å². The number of fused-ring (bicyclic) bond motifs is 2. The van der Waals surface area contributed by atoms with E-state index in [4.69, 9.17) is 4.74 Å². The molecule has 0 aliphatic carbocycles. The van der Waals surface area contributed by atoms with Crippen molar-refractivity contribution in [3.8, 4) is 11.5 Å². The van der Waals surface area contributed by atoms with Crippen molar-refractivity contribution in [1.29, 1.82) is 0 Å². The lowest BCUT2D eigenvalue weighted by Gasteiger charge is -2.36. The summed E-state index contributed by atoms with van der Waals surface area (Å²) in [5, 5.41) is 14.5. The molecule has 2 aliphatic heterocycles. The van der Waals surface area contributed by atoms with Crippen LogP contribution in [0.5, 0.6) is 11.5 Å². The zero-order valence-corrected chi connectivity index (χ0v) is 20.8. The van der Waals surface area contributed by atoms with Crippen LogP contribution in [0.2, 0.25) is 0 Å². The van der Waals surface area contributed by atoms with Gasteiger partial charge in [0.15, 0.2) is 11.4 Å². The number of ether oxygens (including phenoxy) is 1. The largest absolute Gasteiger partial charge is 0.502 e. The van der Waals surface area contributed by atoms with Gasteiger partial charge < -0.3 is 20.1 Å².